The summed E-state index contributed by atoms with van der Waals surface area (Å²) in [6.07, 6.45) is 2.93. The fourth-order valence-corrected chi connectivity index (χ4v) is 2.76. The number of carbonyl (C=O) groups excluding carboxylic acids is 1. The maximum absolute atomic E-state index is 13.7. The van der Waals surface area contributed by atoms with Crippen LogP contribution in [0, 0.1) is 5.82 Å². The van der Waals surface area contributed by atoms with Crippen LogP contribution in [0.1, 0.15) is 24.0 Å². The highest BCUT2D eigenvalue weighted by Gasteiger charge is 2.23. The second-order valence-electron chi connectivity index (χ2n) is 6.97. The lowest BCUT2D eigenvalue weighted by Crippen LogP contribution is -2.38. The maximum Gasteiger partial charge on any atom is 0.258 e. The van der Waals surface area contributed by atoms with E-state index in [4.69, 9.17) is 4.74 Å². The van der Waals surface area contributed by atoms with E-state index in [0.29, 0.717) is 36.4 Å². The van der Waals surface area contributed by atoms with E-state index in [1.807, 2.05) is 30.3 Å². The van der Waals surface area contributed by atoms with Crippen LogP contribution in [0.25, 0.3) is 0 Å². The first-order chi connectivity index (χ1) is 14.1. The van der Waals surface area contributed by atoms with Gasteiger partial charge in [0.05, 0.1) is 0 Å². The Kier molecular flexibility index (Phi) is 7.44. The number of guanidine groups is 1. The SMILES string of the molecule is CN=C(NCCc1ccc(OCC(=O)NC2CC2)cc1)NCc1ccccc1F. The molecule has 1 fully saturated rings. The predicted octanol–water partition coefficient (Wildman–Crippen LogP) is 2.39. The standard InChI is InChI=1S/C22H27FN4O2/c1-24-22(26-14-17-4-2-3-5-20(17)23)25-13-12-16-6-10-19(11-7-16)29-15-21(28)27-18-8-9-18/h2-7,10-11,18H,8-9,12-15H2,1H3,(H,27,28)(H2,24,25,26). The third-order valence-corrected chi connectivity index (χ3v) is 4.57. The van der Waals surface area contributed by atoms with Crippen LogP contribution < -0.4 is 20.7 Å². The molecule has 0 heterocycles. The molecular weight excluding hydrogens is 371 g/mol. The molecule has 29 heavy (non-hydrogen) atoms. The average molecular weight is 398 g/mol. The fourth-order valence-electron chi connectivity index (χ4n) is 2.76. The van der Waals surface area contributed by atoms with E-state index in [9.17, 15) is 9.18 Å². The Labute approximate surface area is 170 Å². The first-order valence-corrected chi connectivity index (χ1v) is 9.83. The molecule has 6 nitrogen and oxygen atoms in total. The van der Waals surface area contributed by atoms with Gasteiger partial charge in [0.1, 0.15) is 11.6 Å². The zero-order valence-electron chi connectivity index (χ0n) is 16.6. The number of ether oxygens (including phenoxy) is 1. The molecular formula is C22H27FN4O2. The number of halogens is 1. The highest BCUT2D eigenvalue weighted by molar-refractivity contribution is 5.79. The van der Waals surface area contributed by atoms with E-state index in [2.05, 4.69) is 20.9 Å². The molecule has 0 atom stereocenters. The lowest BCUT2D eigenvalue weighted by atomic mass is 10.1. The average Bonchev–Trinajstić information content (AvgIpc) is 3.55. The van der Waals surface area contributed by atoms with Crippen LogP contribution in [0.15, 0.2) is 53.5 Å². The first kappa shape index (κ1) is 20.6. The summed E-state index contributed by atoms with van der Waals surface area (Å²) in [6.45, 7) is 1.09. The minimum Gasteiger partial charge on any atom is -0.484 e. The van der Waals surface area contributed by atoms with Gasteiger partial charge in [-0.3, -0.25) is 9.79 Å². The Bertz CT molecular complexity index is 835. The minimum atomic E-state index is -0.234. The van der Waals surface area contributed by atoms with Crippen molar-refractivity contribution in [2.45, 2.75) is 31.8 Å². The van der Waals surface area contributed by atoms with Crippen LogP contribution in [-0.4, -0.2) is 38.1 Å². The quantitative estimate of drug-likeness (QED) is 0.448. The zero-order valence-corrected chi connectivity index (χ0v) is 16.6. The molecule has 0 saturated heterocycles. The largest absolute Gasteiger partial charge is 0.484 e. The number of hydrogen-bond acceptors (Lipinski definition) is 3. The van der Waals surface area contributed by atoms with Crippen LogP contribution in [-0.2, 0) is 17.8 Å². The molecule has 0 aliphatic heterocycles. The number of rotatable bonds is 9. The van der Waals surface area contributed by atoms with E-state index in [1.54, 1.807) is 19.2 Å². The van der Waals surface area contributed by atoms with Gasteiger partial charge in [0, 0.05) is 31.7 Å². The number of aliphatic imine (C=N–C) groups is 1. The third kappa shape index (κ3) is 7.10. The smallest absolute Gasteiger partial charge is 0.258 e. The summed E-state index contributed by atoms with van der Waals surface area (Å²) in [6, 6.07) is 14.7. The van der Waals surface area contributed by atoms with Crippen molar-refractivity contribution in [3.63, 3.8) is 0 Å². The van der Waals surface area contributed by atoms with Gasteiger partial charge in [0.15, 0.2) is 12.6 Å². The topological polar surface area (TPSA) is 74.8 Å². The number of amides is 1. The third-order valence-electron chi connectivity index (χ3n) is 4.57. The number of nitrogens with zero attached hydrogens (tertiary/aromatic N) is 1. The molecule has 1 saturated carbocycles. The van der Waals surface area contributed by atoms with Gasteiger partial charge in [-0.25, -0.2) is 4.39 Å². The van der Waals surface area contributed by atoms with E-state index in [0.717, 1.165) is 24.8 Å². The van der Waals surface area contributed by atoms with Gasteiger partial charge >= 0.3 is 0 Å². The molecule has 2 aromatic rings. The second-order valence-corrected chi connectivity index (χ2v) is 6.97. The molecule has 1 aliphatic rings. The van der Waals surface area contributed by atoms with E-state index in [1.165, 1.54) is 6.07 Å². The number of carbonyl (C=O) groups is 1. The molecule has 0 bridgehead atoms. The lowest BCUT2D eigenvalue weighted by Gasteiger charge is -2.12. The number of benzene rings is 2. The zero-order chi connectivity index (χ0) is 20.5. The van der Waals surface area contributed by atoms with Crippen LogP contribution in [0.2, 0.25) is 0 Å². The molecule has 154 valence electrons. The van der Waals surface area contributed by atoms with Crippen molar-refractivity contribution >= 4 is 11.9 Å². The van der Waals surface area contributed by atoms with Crippen molar-refractivity contribution in [3.05, 3.63) is 65.5 Å². The van der Waals surface area contributed by atoms with Crippen LogP contribution in [0.5, 0.6) is 5.75 Å². The van der Waals surface area contributed by atoms with Gasteiger partial charge in [-0.15, -0.1) is 0 Å². The molecule has 1 amide bonds. The van der Waals surface area contributed by atoms with Crippen molar-refractivity contribution in [1.29, 1.82) is 0 Å². The highest BCUT2D eigenvalue weighted by atomic mass is 19.1. The van der Waals surface area contributed by atoms with Crippen molar-refractivity contribution in [2.75, 3.05) is 20.2 Å². The van der Waals surface area contributed by atoms with Gasteiger partial charge in [-0.2, -0.15) is 0 Å². The van der Waals surface area contributed by atoms with Gasteiger partial charge in [-0.05, 0) is 43.0 Å². The van der Waals surface area contributed by atoms with Crippen molar-refractivity contribution in [1.82, 2.24) is 16.0 Å². The maximum atomic E-state index is 13.7. The summed E-state index contributed by atoms with van der Waals surface area (Å²) in [5, 5.41) is 9.22. The van der Waals surface area contributed by atoms with Crippen LogP contribution in [0.4, 0.5) is 4.39 Å². The minimum absolute atomic E-state index is 0.0431. The summed E-state index contributed by atoms with van der Waals surface area (Å²) in [7, 11) is 1.68. The van der Waals surface area contributed by atoms with E-state index in [-0.39, 0.29) is 18.3 Å². The Morgan fingerprint density at radius 1 is 1.14 bits per heavy atom. The van der Waals surface area contributed by atoms with Gasteiger partial charge < -0.3 is 20.7 Å². The summed E-state index contributed by atoms with van der Waals surface area (Å²) in [5.41, 5.74) is 1.73. The first-order valence-electron chi connectivity index (χ1n) is 9.83. The van der Waals surface area contributed by atoms with E-state index < -0.39 is 0 Å². The number of hydrogen-bond donors (Lipinski definition) is 3. The summed E-state index contributed by atoms with van der Waals surface area (Å²) in [4.78, 5) is 15.8. The highest BCUT2D eigenvalue weighted by Crippen LogP contribution is 2.18. The normalized spacial score (nSPS) is 13.7. The molecule has 0 spiro atoms. The Morgan fingerprint density at radius 2 is 1.90 bits per heavy atom. The molecule has 3 N–H and O–H groups in total. The van der Waals surface area contributed by atoms with Crippen molar-refractivity contribution < 1.29 is 13.9 Å². The van der Waals surface area contributed by atoms with Gasteiger partial charge in [0.25, 0.3) is 5.91 Å². The van der Waals surface area contributed by atoms with Gasteiger partial charge in [0.2, 0.25) is 0 Å². The molecule has 1 aliphatic carbocycles. The summed E-state index contributed by atoms with van der Waals surface area (Å²) < 4.78 is 19.2. The Balaban J connectivity index is 1.36. The monoisotopic (exact) mass is 398 g/mol. The Morgan fingerprint density at radius 3 is 2.59 bits per heavy atom. The van der Waals surface area contributed by atoms with Crippen LogP contribution >= 0.6 is 0 Å². The van der Waals surface area contributed by atoms with Crippen molar-refractivity contribution in [2.24, 2.45) is 4.99 Å². The molecule has 3 rings (SSSR count). The fraction of sp³-hybridized carbons (Fsp3) is 0.364. The number of nitrogens with one attached hydrogen (secondary N) is 3. The predicted molar refractivity (Wildman–Crippen MR) is 111 cm³/mol. The summed E-state index contributed by atoms with van der Waals surface area (Å²) in [5.74, 6) is 0.989. The van der Waals surface area contributed by atoms with Crippen molar-refractivity contribution in [3.8, 4) is 5.75 Å². The molecule has 0 aromatic heterocycles. The van der Waals surface area contributed by atoms with E-state index >= 15 is 0 Å². The molecule has 0 unspecified atom stereocenters. The van der Waals surface area contributed by atoms with Gasteiger partial charge in [-0.1, -0.05) is 30.3 Å². The second kappa shape index (κ2) is 10.5. The summed E-state index contributed by atoms with van der Waals surface area (Å²) >= 11 is 0. The Hall–Kier alpha value is -3.09. The molecule has 2 aromatic carbocycles. The lowest BCUT2D eigenvalue weighted by molar-refractivity contribution is -0.123. The molecule has 0 radical (unpaired) electrons. The van der Waals surface area contributed by atoms with Crippen LogP contribution in [0.3, 0.4) is 0 Å². The molecule has 7 heteroatoms.